The van der Waals surface area contributed by atoms with Crippen LogP contribution in [0.25, 0.3) is 10.8 Å². The lowest BCUT2D eigenvalue weighted by atomic mass is 10.1. The Morgan fingerprint density at radius 3 is 2.43 bits per heavy atom. The van der Waals surface area contributed by atoms with E-state index in [4.69, 9.17) is 4.74 Å². The minimum atomic E-state index is -0.490. The van der Waals surface area contributed by atoms with Crippen LogP contribution in [0.15, 0.2) is 65.1 Å². The summed E-state index contributed by atoms with van der Waals surface area (Å²) in [7, 11) is 0. The summed E-state index contributed by atoms with van der Waals surface area (Å²) >= 11 is 3.49. The molecule has 0 heterocycles. The third kappa shape index (κ3) is 3.09. The van der Waals surface area contributed by atoms with Crippen molar-refractivity contribution in [3.05, 3.63) is 70.7 Å². The Hall–Kier alpha value is -1.84. The van der Waals surface area contributed by atoms with Gasteiger partial charge in [0, 0.05) is 0 Å². The highest BCUT2D eigenvalue weighted by atomic mass is 79.9. The molecule has 1 atom stereocenters. The molecule has 0 aliphatic heterocycles. The molecule has 0 aliphatic carbocycles. The molecule has 3 aromatic carbocycles. The molecular weight excluding hydrogens is 328 g/mol. The van der Waals surface area contributed by atoms with Gasteiger partial charge in [-0.3, -0.25) is 0 Å². The van der Waals surface area contributed by atoms with Crippen LogP contribution in [-0.2, 0) is 0 Å². The smallest absolute Gasteiger partial charge is 0.141 e. The fourth-order valence-corrected chi connectivity index (χ4v) is 2.70. The first-order valence-corrected chi connectivity index (χ1v) is 7.57. The number of benzene rings is 3. The third-order valence-corrected chi connectivity index (χ3v) is 4.01. The lowest BCUT2D eigenvalue weighted by Gasteiger charge is -2.11. The van der Waals surface area contributed by atoms with Gasteiger partial charge in [-0.1, -0.05) is 36.4 Å². The highest BCUT2D eigenvalue weighted by Gasteiger charge is 2.07. The van der Waals surface area contributed by atoms with Crippen LogP contribution >= 0.6 is 15.9 Å². The molecule has 0 amide bonds. The van der Waals surface area contributed by atoms with Crippen LogP contribution in [0.1, 0.15) is 18.6 Å². The van der Waals surface area contributed by atoms with E-state index in [1.165, 1.54) is 5.39 Å². The Kier molecular flexibility index (Phi) is 3.95. The predicted molar refractivity (Wildman–Crippen MR) is 88.8 cm³/mol. The lowest BCUT2D eigenvalue weighted by Crippen LogP contribution is -1.92. The molecule has 21 heavy (non-hydrogen) atoms. The van der Waals surface area contributed by atoms with Crippen LogP contribution in [0.3, 0.4) is 0 Å². The van der Waals surface area contributed by atoms with Crippen molar-refractivity contribution in [2.24, 2.45) is 0 Å². The van der Waals surface area contributed by atoms with Gasteiger partial charge in [0.15, 0.2) is 0 Å². The minimum Gasteiger partial charge on any atom is -0.456 e. The van der Waals surface area contributed by atoms with Crippen molar-refractivity contribution < 1.29 is 9.84 Å². The molecule has 0 saturated heterocycles. The molecule has 0 spiro atoms. The van der Waals surface area contributed by atoms with Crippen molar-refractivity contribution >= 4 is 26.7 Å². The second kappa shape index (κ2) is 5.88. The van der Waals surface area contributed by atoms with Crippen LogP contribution in [0.4, 0.5) is 0 Å². The number of hydrogen-bond acceptors (Lipinski definition) is 2. The molecule has 0 fully saturated rings. The molecule has 0 bridgehead atoms. The summed E-state index contributed by atoms with van der Waals surface area (Å²) in [5.41, 5.74) is 0.854. The first kappa shape index (κ1) is 14.1. The van der Waals surface area contributed by atoms with Crippen molar-refractivity contribution in [2.45, 2.75) is 13.0 Å². The average molecular weight is 343 g/mol. The van der Waals surface area contributed by atoms with Crippen molar-refractivity contribution in [3.63, 3.8) is 0 Å². The predicted octanol–water partition coefficient (Wildman–Crippen LogP) is 5.45. The summed E-state index contributed by atoms with van der Waals surface area (Å²) < 4.78 is 6.75. The van der Waals surface area contributed by atoms with Crippen molar-refractivity contribution in [2.75, 3.05) is 0 Å². The topological polar surface area (TPSA) is 29.5 Å². The summed E-state index contributed by atoms with van der Waals surface area (Å²) in [6.45, 7) is 1.74. The van der Waals surface area contributed by atoms with Gasteiger partial charge in [-0.15, -0.1) is 0 Å². The van der Waals surface area contributed by atoms with Gasteiger partial charge in [-0.25, -0.2) is 0 Å². The van der Waals surface area contributed by atoms with Crippen LogP contribution in [0.2, 0.25) is 0 Å². The molecule has 0 saturated carbocycles. The molecule has 0 radical (unpaired) electrons. The van der Waals surface area contributed by atoms with Gasteiger partial charge in [0.1, 0.15) is 11.5 Å². The molecule has 0 aliphatic rings. The van der Waals surface area contributed by atoms with Crippen molar-refractivity contribution in [1.29, 1.82) is 0 Å². The van der Waals surface area contributed by atoms with Crippen LogP contribution in [0.5, 0.6) is 11.5 Å². The quantitative estimate of drug-likeness (QED) is 0.685. The Morgan fingerprint density at radius 2 is 1.71 bits per heavy atom. The number of halogens is 1. The molecule has 0 unspecified atom stereocenters. The highest BCUT2D eigenvalue weighted by Crippen LogP contribution is 2.33. The van der Waals surface area contributed by atoms with Gasteiger partial charge >= 0.3 is 0 Å². The third-order valence-electron chi connectivity index (χ3n) is 3.39. The monoisotopic (exact) mass is 342 g/mol. The second-order valence-corrected chi connectivity index (χ2v) is 5.83. The molecule has 2 nitrogen and oxygen atoms in total. The van der Waals surface area contributed by atoms with Gasteiger partial charge < -0.3 is 9.84 Å². The number of ether oxygens (including phenoxy) is 1. The maximum absolute atomic E-state index is 9.59. The van der Waals surface area contributed by atoms with Crippen molar-refractivity contribution in [1.82, 2.24) is 0 Å². The van der Waals surface area contributed by atoms with E-state index in [9.17, 15) is 5.11 Å². The largest absolute Gasteiger partial charge is 0.456 e. The van der Waals surface area contributed by atoms with Gasteiger partial charge in [0.25, 0.3) is 0 Å². The number of aliphatic hydroxyl groups is 1. The Bertz CT molecular complexity index is 781. The maximum Gasteiger partial charge on any atom is 0.141 e. The number of rotatable bonds is 3. The summed E-state index contributed by atoms with van der Waals surface area (Å²) in [5, 5.41) is 11.9. The molecule has 3 heteroatoms. The normalized spacial score (nSPS) is 12.3. The molecule has 0 aromatic heterocycles. The molecular formula is C18H15BrO2. The fourth-order valence-electron chi connectivity index (χ4n) is 2.22. The molecule has 3 rings (SSSR count). The summed E-state index contributed by atoms with van der Waals surface area (Å²) in [4.78, 5) is 0. The zero-order valence-corrected chi connectivity index (χ0v) is 13.2. The van der Waals surface area contributed by atoms with E-state index in [-0.39, 0.29) is 0 Å². The first-order valence-electron chi connectivity index (χ1n) is 6.77. The first-order chi connectivity index (χ1) is 10.1. The Morgan fingerprint density at radius 1 is 0.952 bits per heavy atom. The van der Waals surface area contributed by atoms with Crippen LogP contribution in [-0.4, -0.2) is 5.11 Å². The zero-order valence-electron chi connectivity index (χ0n) is 11.6. The summed E-state index contributed by atoms with van der Waals surface area (Å²) in [6, 6.07) is 19.8. The maximum atomic E-state index is 9.59. The fraction of sp³-hybridized carbons (Fsp3) is 0.111. The van der Waals surface area contributed by atoms with Crippen LogP contribution in [0, 0.1) is 0 Å². The average Bonchev–Trinajstić information content (AvgIpc) is 2.49. The molecule has 3 aromatic rings. The lowest BCUT2D eigenvalue weighted by molar-refractivity contribution is 0.199. The van der Waals surface area contributed by atoms with E-state index in [1.807, 2.05) is 48.5 Å². The van der Waals surface area contributed by atoms with E-state index in [2.05, 4.69) is 28.1 Å². The Balaban J connectivity index is 1.91. The molecule has 106 valence electrons. The minimum absolute atomic E-state index is 0.490. The van der Waals surface area contributed by atoms with E-state index < -0.39 is 6.10 Å². The van der Waals surface area contributed by atoms with Gasteiger partial charge in [0.05, 0.1) is 10.6 Å². The number of hydrogen-bond donors (Lipinski definition) is 1. The van der Waals surface area contributed by atoms with Crippen molar-refractivity contribution in [3.8, 4) is 11.5 Å². The number of fused-ring (bicyclic) bond motifs is 1. The standard InChI is InChI=1S/C18H15BrO2/c1-12(20)14-7-9-18(17(19)11-14)21-16-8-6-13-4-2-3-5-15(13)10-16/h2-12,20H,1H3/t12-/m1/s1. The van der Waals surface area contributed by atoms with E-state index >= 15 is 0 Å². The SMILES string of the molecule is C[C@@H](O)c1ccc(Oc2ccc3ccccc3c2)c(Br)c1. The summed E-state index contributed by atoms with van der Waals surface area (Å²) in [6.07, 6.45) is -0.490. The van der Waals surface area contributed by atoms with Crippen LogP contribution < -0.4 is 4.74 Å². The highest BCUT2D eigenvalue weighted by molar-refractivity contribution is 9.10. The van der Waals surface area contributed by atoms with Gasteiger partial charge in [0.2, 0.25) is 0 Å². The number of aliphatic hydroxyl groups excluding tert-OH is 1. The summed E-state index contributed by atoms with van der Waals surface area (Å²) in [5.74, 6) is 1.52. The zero-order chi connectivity index (χ0) is 14.8. The Labute approximate surface area is 132 Å². The van der Waals surface area contributed by atoms with E-state index in [1.54, 1.807) is 6.92 Å². The van der Waals surface area contributed by atoms with E-state index in [0.29, 0.717) is 0 Å². The van der Waals surface area contributed by atoms with Gasteiger partial charge in [-0.2, -0.15) is 0 Å². The van der Waals surface area contributed by atoms with Gasteiger partial charge in [-0.05, 0) is 63.5 Å². The second-order valence-electron chi connectivity index (χ2n) is 4.98. The van der Waals surface area contributed by atoms with E-state index in [0.717, 1.165) is 26.9 Å². The molecule has 1 N–H and O–H groups in total.